The van der Waals surface area contributed by atoms with E-state index in [1.807, 2.05) is 41.9 Å². The lowest BCUT2D eigenvalue weighted by atomic mass is 9.94. The van der Waals surface area contributed by atoms with Gasteiger partial charge in [0.15, 0.2) is 0 Å². The van der Waals surface area contributed by atoms with Crippen LogP contribution in [0.2, 0.25) is 5.02 Å². The van der Waals surface area contributed by atoms with Gasteiger partial charge >= 0.3 is 5.97 Å². The zero-order valence-corrected chi connectivity index (χ0v) is 21.6. The van der Waals surface area contributed by atoms with Gasteiger partial charge in [-0.2, -0.15) is 0 Å². The van der Waals surface area contributed by atoms with E-state index in [4.69, 9.17) is 21.5 Å². The molecular weight excluding hydrogens is 510 g/mol. The van der Waals surface area contributed by atoms with Gasteiger partial charge in [-0.25, -0.2) is 9.78 Å². The number of hydrogen-bond donors (Lipinski definition) is 2. The van der Waals surface area contributed by atoms with Crippen LogP contribution < -0.4 is 14.9 Å². The second-order valence-electron chi connectivity index (χ2n) is 8.98. The van der Waals surface area contributed by atoms with E-state index in [0.29, 0.717) is 23.0 Å². The second kappa shape index (κ2) is 10.7. The number of pyridine rings is 1. The molecular formula is C28H25ClN3O4S+. The number of nitrogens with one attached hydrogen (secondary N) is 1. The van der Waals surface area contributed by atoms with E-state index in [9.17, 15) is 9.59 Å². The lowest BCUT2D eigenvalue weighted by Gasteiger charge is -2.15. The number of carboxylic acid groups (broad SMARTS) is 1. The SMILES string of the molecule is CO[n+]1cc(-c2cc(Cl)ccc2-c2nccs2)ccc1C(CC1CC1)C(=O)Nc1ccc(C(=O)O)cc1. The number of carbonyl (C=O) groups is 2. The highest BCUT2D eigenvalue weighted by atomic mass is 35.5. The molecule has 1 amide bonds. The molecule has 1 fully saturated rings. The lowest BCUT2D eigenvalue weighted by molar-refractivity contribution is -0.890. The highest BCUT2D eigenvalue weighted by molar-refractivity contribution is 7.13. The highest BCUT2D eigenvalue weighted by Gasteiger charge is 2.36. The standard InChI is InChI=1S/C28H24ClN3O4S/c1-36-32-16-19(23-15-20(29)7-10-22(23)27-30-12-13-37-27)6-11-25(32)24(14-17-2-3-17)26(33)31-21-8-4-18(5-9-21)28(34)35/h4-13,15-17,24H,2-3,14H2,1H3,(H-,31,33,34,35)/p+1. The first-order chi connectivity index (χ1) is 17.9. The van der Waals surface area contributed by atoms with Crippen LogP contribution in [0.25, 0.3) is 21.7 Å². The third kappa shape index (κ3) is 5.65. The molecule has 2 N–H and O–H groups in total. The summed E-state index contributed by atoms with van der Waals surface area (Å²) in [6.45, 7) is 0. The van der Waals surface area contributed by atoms with Crippen molar-refractivity contribution in [1.82, 2.24) is 4.98 Å². The Kier molecular flexibility index (Phi) is 7.21. The molecule has 4 aromatic rings. The molecule has 1 aliphatic rings. The number of benzene rings is 2. The molecule has 1 aliphatic carbocycles. The van der Waals surface area contributed by atoms with E-state index < -0.39 is 11.9 Å². The maximum atomic E-state index is 13.5. The maximum Gasteiger partial charge on any atom is 0.335 e. The van der Waals surface area contributed by atoms with E-state index in [2.05, 4.69) is 10.3 Å². The number of anilines is 1. The summed E-state index contributed by atoms with van der Waals surface area (Å²) in [4.78, 5) is 34.8. The summed E-state index contributed by atoms with van der Waals surface area (Å²) >= 11 is 7.90. The lowest BCUT2D eigenvalue weighted by Crippen LogP contribution is -2.47. The molecule has 2 heterocycles. The van der Waals surface area contributed by atoms with Gasteiger partial charge in [-0.1, -0.05) is 24.4 Å². The molecule has 0 aliphatic heterocycles. The molecule has 188 valence electrons. The largest absolute Gasteiger partial charge is 0.478 e. The van der Waals surface area contributed by atoms with Crippen molar-refractivity contribution in [1.29, 1.82) is 0 Å². The van der Waals surface area contributed by atoms with Gasteiger partial charge in [0.2, 0.25) is 17.8 Å². The summed E-state index contributed by atoms with van der Waals surface area (Å²) in [5.74, 6) is -1.14. The van der Waals surface area contributed by atoms with E-state index in [0.717, 1.165) is 40.2 Å². The van der Waals surface area contributed by atoms with Crippen LogP contribution >= 0.6 is 22.9 Å². The first-order valence-electron chi connectivity index (χ1n) is 11.9. The average Bonchev–Trinajstić information content (AvgIpc) is 3.57. The summed E-state index contributed by atoms with van der Waals surface area (Å²) in [5.41, 5.74) is 4.21. The van der Waals surface area contributed by atoms with Crippen LogP contribution in [0.3, 0.4) is 0 Å². The number of amides is 1. The van der Waals surface area contributed by atoms with E-state index in [1.54, 1.807) is 41.5 Å². The molecule has 1 unspecified atom stereocenters. The first-order valence-corrected chi connectivity index (χ1v) is 13.1. The summed E-state index contributed by atoms with van der Waals surface area (Å²) < 4.78 is 1.64. The van der Waals surface area contributed by atoms with Gasteiger partial charge in [0.1, 0.15) is 18.0 Å². The summed E-state index contributed by atoms with van der Waals surface area (Å²) in [6.07, 6.45) is 6.53. The van der Waals surface area contributed by atoms with Crippen molar-refractivity contribution >= 4 is 40.5 Å². The predicted molar refractivity (Wildman–Crippen MR) is 143 cm³/mol. The molecule has 2 aromatic heterocycles. The number of carboxylic acids is 1. The molecule has 7 nitrogen and oxygen atoms in total. The number of rotatable bonds is 9. The van der Waals surface area contributed by atoms with Crippen molar-refractivity contribution < 1.29 is 24.3 Å². The van der Waals surface area contributed by atoms with Gasteiger partial charge in [-0.15, -0.1) is 11.3 Å². The topological polar surface area (TPSA) is 92.4 Å². The number of carbonyl (C=O) groups excluding carboxylic acids is 1. The first kappa shape index (κ1) is 24.9. The van der Waals surface area contributed by atoms with Crippen LogP contribution in [0.15, 0.2) is 72.4 Å². The van der Waals surface area contributed by atoms with E-state index >= 15 is 0 Å². The molecule has 37 heavy (non-hydrogen) atoms. The Morgan fingerprint density at radius 1 is 1.16 bits per heavy atom. The Balaban J connectivity index is 1.48. The molecule has 9 heteroatoms. The number of aromatic nitrogens is 2. The quantitative estimate of drug-likeness (QED) is 0.269. The van der Waals surface area contributed by atoms with Gasteiger partial charge in [-0.3, -0.25) is 9.63 Å². The normalized spacial score (nSPS) is 13.7. The fourth-order valence-corrected chi connectivity index (χ4v) is 5.20. The maximum absolute atomic E-state index is 13.5. The number of aromatic carboxylic acids is 1. The minimum Gasteiger partial charge on any atom is -0.478 e. The molecule has 0 bridgehead atoms. The van der Waals surface area contributed by atoms with Gasteiger partial charge < -0.3 is 10.4 Å². The van der Waals surface area contributed by atoms with Crippen molar-refractivity contribution in [2.24, 2.45) is 5.92 Å². The van der Waals surface area contributed by atoms with Crippen molar-refractivity contribution in [2.45, 2.75) is 25.2 Å². The highest BCUT2D eigenvalue weighted by Crippen LogP contribution is 2.39. The monoisotopic (exact) mass is 534 g/mol. The summed E-state index contributed by atoms with van der Waals surface area (Å²) in [6, 6.07) is 15.8. The number of thiazole rings is 1. The molecule has 5 rings (SSSR count). The fourth-order valence-electron chi connectivity index (χ4n) is 4.35. The van der Waals surface area contributed by atoms with Crippen LogP contribution in [0.1, 0.15) is 41.2 Å². The Morgan fingerprint density at radius 2 is 1.95 bits per heavy atom. The van der Waals surface area contributed by atoms with Gasteiger partial charge in [0.25, 0.3) is 0 Å². The van der Waals surface area contributed by atoms with Gasteiger partial charge in [0, 0.05) is 38.6 Å². The minimum absolute atomic E-state index is 0.165. The predicted octanol–water partition coefficient (Wildman–Crippen LogP) is 5.70. The average molecular weight is 535 g/mol. The zero-order valence-electron chi connectivity index (χ0n) is 20.1. The van der Waals surface area contributed by atoms with Crippen LogP contribution in [0.5, 0.6) is 0 Å². The van der Waals surface area contributed by atoms with Crippen molar-refractivity contribution in [3.8, 4) is 21.7 Å². The molecule has 1 saturated carbocycles. The Labute approximate surface area is 223 Å². The van der Waals surface area contributed by atoms with Crippen LogP contribution in [0.4, 0.5) is 5.69 Å². The second-order valence-corrected chi connectivity index (χ2v) is 10.3. The number of hydrogen-bond acceptors (Lipinski definition) is 5. The smallest absolute Gasteiger partial charge is 0.335 e. The molecule has 0 saturated heterocycles. The van der Waals surface area contributed by atoms with Gasteiger partial charge in [-0.05, 0) is 66.4 Å². The third-order valence-corrected chi connectivity index (χ3v) is 7.48. The summed E-state index contributed by atoms with van der Waals surface area (Å²) in [5, 5.41) is 15.5. The van der Waals surface area contributed by atoms with Crippen LogP contribution in [-0.2, 0) is 4.79 Å². The summed E-state index contributed by atoms with van der Waals surface area (Å²) in [7, 11) is 1.57. The third-order valence-electron chi connectivity index (χ3n) is 6.44. The Morgan fingerprint density at radius 3 is 2.59 bits per heavy atom. The molecule has 0 radical (unpaired) electrons. The number of nitrogens with zero attached hydrogens (tertiary/aromatic N) is 2. The van der Waals surface area contributed by atoms with E-state index in [-0.39, 0.29) is 11.5 Å². The van der Waals surface area contributed by atoms with Crippen LogP contribution in [-0.4, -0.2) is 29.1 Å². The zero-order chi connectivity index (χ0) is 25.9. The van der Waals surface area contributed by atoms with Crippen LogP contribution in [0, 0.1) is 5.92 Å². The van der Waals surface area contributed by atoms with Crippen molar-refractivity contribution in [3.05, 3.63) is 88.7 Å². The van der Waals surface area contributed by atoms with Gasteiger partial charge in [0.05, 0.1) is 11.1 Å². The Hall–Kier alpha value is -3.75. The Bertz CT molecular complexity index is 1440. The minimum atomic E-state index is -1.01. The van der Waals surface area contributed by atoms with Crippen molar-refractivity contribution in [2.75, 3.05) is 12.4 Å². The molecule has 0 spiro atoms. The molecule has 1 atom stereocenters. The van der Waals surface area contributed by atoms with E-state index in [1.165, 1.54) is 12.1 Å². The van der Waals surface area contributed by atoms with Crippen molar-refractivity contribution in [3.63, 3.8) is 0 Å². The fraction of sp³-hybridized carbons (Fsp3) is 0.214. The number of halogens is 1. The molecule has 2 aromatic carbocycles.